The quantitative estimate of drug-likeness (QED) is 0.364. The number of Topliss-reactive ketones (excluding diaryl/α,β-unsaturated/α-hetero) is 1. The molecule has 136 valence electrons. The van der Waals surface area contributed by atoms with Gasteiger partial charge in [0.15, 0.2) is 0 Å². The minimum Gasteiger partial charge on any atom is -0.507 e. The molecule has 1 aromatic heterocycles. The third-order valence-electron chi connectivity index (χ3n) is 4.22. The first kappa shape index (κ1) is 18.3. The summed E-state index contributed by atoms with van der Waals surface area (Å²) in [4.78, 5) is 27.4. The van der Waals surface area contributed by atoms with Gasteiger partial charge in [-0.3, -0.25) is 9.59 Å². The lowest BCUT2D eigenvalue weighted by atomic mass is 10.00. The minimum absolute atomic E-state index is 0.0291. The van der Waals surface area contributed by atoms with Crippen molar-refractivity contribution in [3.05, 3.63) is 63.6 Å². The number of ether oxygens (including phenoxy) is 1. The molecule has 0 spiro atoms. The number of likely N-dealkylation sites (tertiary alicyclic amines) is 1. The molecule has 1 aliphatic rings. The van der Waals surface area contributed by atoms with Gasteiger partial charge in [-0.25, -0.2) is 4.39 Å². The Morgan fingerprint density at radius 1 is 1.27 bits per heavy atom. The van der Waals surface area contributed by atoms with Crippen LogP contribution >= 0.6 is 11.3 Å². The molecule has 1 atom stereocenters. The van der Waals surface area contributed by atoms with Crippen molar-refractivity contribution < 1.29 is 23.8 Å². The van der Waals surface area contributed by atoms with Crippen molar-refractivity contribution in [2.45, 2.75) is 12.5 Å². The number of amides is 1. The number of methoxy groups -OCH3 is 1. The zero-order valence-corrected chi connectivity index (χ0v) is 15.0. The highest BCUT2D eigenvalue weighted by Gasteiger charge is 2.46. The SMILES string of the molecule is COCCCN1C(=O)C(=O)/C(=C(\O)c2ccc(F)cc2)C1c1cccs1. The number of thiophene rings is 1. The van der Waals surface area contributed by atoms with E-state index >= 15 is 0 Å². The molecule has 0 radical (unpaired) electrons. The van der Waals surface area contributed by atoms with Crippen LogP contribution in [0.15, 0.2) is 47.4 Å². The molecule has 1 unspecified atom stereocenters. The van der Waals surface area contributed by atoms with E-state index in [9.17, 15) is 19.1 Å². The van der Waals surface area contributed by atoms with Crippen LogP contribution in [0.1, 0.15) is 22.9 Å². The van der Waals surface area contributed by atoms with Crippen molar-refractivity contribution in [2.24, 2.45) is 0 Å². The van der Waals surface area contributed by atoms with Crippen molar-refractivity contribution in [3.8, 4) is 0 Å². The number of nitrogens with zero attached hydrogens (tertiary/aromatic N) is 1. The first-order valence-electron chi connectivity index (χ1n) is 8.11. The molecule has 26 heavy (non-hydrogen) atoms. The highest BCUT2D eigenvalue weighted by Crippen LogP contribution is 2.41. The lowest BCUT2D eigenvalue weighted by molar-refractivity contribution is -0.140. The highest BCUT2D eigenvalue weighted by atomic mass is 32.1. The second-order valence-electron chi connectivity index (χ2n) is 5.86. The molecular weight excluding hydrogens is 357 g/mol. The van der Waals surface area contributed by atoms with Gasteiger partial charge in [0, 0.05) is 30.7 Å². The summed E-state index contributed by atoms with van der Waals surface area (Å²) in [6.07, 6.45) is 0.571. The van der Waals surface area contributed by atoms with Gasteiger partial charge in [-0.1, -0.05) is 6.07 Å². The maximum atomic E-state index is 13.2. The molecule has 0 bridgehead atoms. The molecule has 1 fully saturated rings. The van der Waals surface area contributed by atoms with Crippen LogP contribution in [0.3, 0.4) is 0 Å². The van der Waals surface area contributed by atoms with E-state index in [1.807, 2.05) is 17.5 Å². The molecule has 1 aliphatic heterocycles. The van der Waals surface area contributed by atoms with Crippen molar-refractivity contribution in [3.63, 3.8) is 0 Å². The molecule has 0 saturated carbocycles. The summed E-state index contributed by atoms with van der Waals surface area (Å²) in [6.45, 7) is 0.791. The van der Waals surface area contributed by atoms with Crippen LogP contribution in [0.4, 0.5) is 4.39 Å². The minimum atomic E-state index is -0.734. The highest BCUT2D eigenvalue weighted by molar-refractivity contribution is 7.10. The largest absolute Gasteiger partial charge is 0.507 e. The average Bonchev–Trinajstić information content (AvgIpc) is 3.24. The number of aliphatic hydroxyl groups is 1. The standard InChI is InChI=1S/C19H18FNO4S/c1-25-10-3-9-21-16(14-4-2-11-26-14)15(18(23)19(21)24)17(22)12-5-7-13(20)8-6-12/h2,4-8,11,16,22H,3,9-10H2,1H3/b17-15-. The summed E-state index contributed by atoms with van der Waals surface area (Å²) >= 11 is 1.40. The van der Waals surface area contributed by atoms with Crippen molar-refractivity contribution >= 4 is 28.8 Å². The molecule has 7 heteroatoms. The Labute approximate surface area is 154 Å². The van der Waals surface area contributed by atoms with E-state index in [1.54, 1.807) is 7.11 Å². The maximum Gasteiger partial charge on any atom is 0.295 e. The predicted octanol–water partition coefficient (Wildman–Crippen LogP) is 3.35. The van der Waals surface area contributed by atoms with Gasteiger partial charge in [-0.2, -0.15) is 0 Å². The summed E-state index contributed by atoms with van der Waals surface area (Å²) in [6, 6.07) is 8.16. The number of hydrogen-bond acceptors (Lipinski definition) is 5. The van der Waals surface area contributed by atoms with Gasteiger partial charge in [0.2, 0.25) is 0 Å². The Morgan fingerprint density at radius 3 is 2.62 bits per heavy atom. The summed E-state index contributed by atoms with van der Waals surface area (Å²) in [5.41, 5.74) is 0.323. The molecule has 3 rings (SSSR count). The number of ketones is 1. The number of halogens is 1. The summed E-state index contributed by atoms with van der Waals surface area (Å²) in [7, 11) is 1.57. The molecule has 1 amide bonds. The lowest BCUT2D eigenvalue weighted by Gasteiger charge is -2.23. The van der Waals surface area contributed by atoms with Gasteiger partial charge in [0.1, 0.15) is 11.6 Å². The zero-order valence-electron chi connectivity index (χ0n) is 14.1. The summed E-state index contributed by atoms with van der Waals surface area (Å²) < 4.78 is 18.2. The van der Waals surface area contributed by atoms with E-state index in [0.717, 1.165) is 4.88 Å². The van der Waals surface area contributed by atoms with Crippen molar-refractivity contribution in [2.75, 3.05) is 20.3 Å². The van der Waals surface area contributed by atoms with E-state index in [4.69, 9.17) is 4.74 Å². The van der Waals surface area contributed by atoms with Crippen LogP contribution in [0.25, 0.3) is 5.76 Å². The third kappa shape index (κ3) is 3.40. The normalized spacial score (nSPS) is 19.3. The van der Waals surface area contributed by atoms with E-state index < -0.39 is 23.5 Å². The number of rotatable bonds is 6. The molecule has 5 nitrogen and oxygen atoms in total. The van der Waals surface area contributed by atoms with Crippen LogP contribution in [0.5, 0.6) is 0 Å². The van der Waals surface area contributed by atoms with Crippen molar-refractivity contribution in [1.29, 1.82) is 0 Å². The number of carbonyl (C=O) groups excluding carboxylic acids is 2. The monoisotopic (exact) mass is 375 g/mol. The molecular formula is C19H18FNO4S. The van der Waals surface area contributed by atoms with Crippen LogP contribution in [-0.2, 0) is 14.3 Å². The second kappa shape index (κ2) is 7.80. The van der Waals surface area contributed by atoms with Crippen LogP contribution < -0.4 is 0 Å². The van der Waals surface area contributed by atoms with Crippen LogP contribution in [0.2, 0.25) is 0 Å². The van der Waals surface area contributed by atoms with Gasteiger partial charge in [-0.15, -0.1) is 11.3 Å². The van der Waals surface area contributed by atoms with Gasteiger partial charge >= 0.3 is 0 Å². The number of benzene rings is 1. The molecule has 2 heterocycles. The fourth-order valence-corrected chi connectivity index (χ4v) is 3.84. The average molecular weight is 375 g/mol. The Hall–Kier alpha value is -2.51. The summed E-state index contributed by atoms with van der Waals surface area (Å²) in [5, 5.41) is 12.5. The van der Waals surface area contributed by atoms with Crippen LogP contribution in [-0.4, -0.2) is 42.0 Å². The Morgan fingerprint density at radius 2 is 2.00 bits per heavy atom. The Balaban J connectivity index is 2.06. The first-order valence-corrected chi connectivity index (χ1v) is 8.99. The van der Waals surface area contributed by atoms with Gasteiger partial charge in [-0.05, 0) is 42.1 Å². The van der Waals surface area contributed by atoms with Crippen molar-refractivity contribution in [1.82, 2.24) is 4.90 Å². The number of carbonyl (C=O) groups is 2. The lowest BCUT2D eigenvalue weighted by Crippen LogP contribution is -2.31. The van der Waals surface area contributed by atoms with Gasteiger partial charge in [0.05, 0.1) is 11.6 Å². The van der Waals surface area contributed by atoms with Crippen LogP contribution in [0, 0.1) is 5.82 Å². The Kier molecular flexibility index (Phi) is 5.49. The fraction of sp³-hybridized carbons (Fsp3) is 0.263. The fourth-order valence-electron chi connectivity index (χ4n) is 3.00. The first-order chi connectivity index (χ1) is 12.5. The van der Waals surface area contributed by atoms with E-state index in [-0.39, 0.29) is 11.3 Å². The number of aliphatic hydroxyl groups excluding tert-OH is 1. The second-order valence-corrected chi connectivity index (χ2v) is 6.84. The van der Waals surface area contributed by atoms with Gasteiger partial charge < -0.3 is 14.7 Å². The third-order valence-corrected chi connectivity index (χ3v) is 5.14. The molecule has 1 aromatic carbocycles. The summed E-state index contributed by atoms with van der Waals surface area (Å²) in [5.74, 6) is -2.13. The zero-order chi connectivity index (χ0) is 18.7. The van der Waals surface area contributed by atoms with E-state index in [2.05, 4.69) is 0 Å². The molecule has 1 N–H and O–H groups in total. The smallest absolute Gasteiger partial charge is 0.295 e. The maximum absolute atomic E-state index is 13.2. The van der Waals surface area contributed by atoms with Gasteiger partial charge in [0.25, 0.3) is 11.7 Å². The molecule has 2 aromatic rings. The molecule has 0 aliphatic carbocycles. The van der Waals surface area contributed by atoms with E-state index in [0.29, 0.717) is 25.1 Å². The Bertz CT molecular complexity index is 830. The topological polar surface area (TPSA) is 66.8 Å². The van der Waals surface area contributed by atoms with E-state index in [1.165, 1.54) is 40.5 Å². The number of hydrogen-bond donors (Lipinski definition) is 1. The molecule has 1 saturated heterocycles. The predicted molar refractivity (Wildman–Crippen MR) is 96.2 cm³/mol.